The molecule has 1 atom stereocenters. The first-order chi connectivity index (χ1) is 9.91. The summed E-state index contributed by atoms with van der Waals surface area (Å²) in [4.78, 5) is 12.0. The molecule has 116 valence electrons. The molecule has 1 aliphatic carbocycles. The lowest BCUT2D eigenvalue weighted by molar-refractivity contribution is -0.124. The summed E-state index contributed by atoms with van der Waals surface area (Å²) in [5.74, 6) is 0.334. The van der Waals surface area contributed by atoms with Gasteiger partial charge in [0.2, 0.25) is 5.91 Å². The van der Waals surface area contributed by atoms with Gasteiger partial charge in [-0.1, -0.05) is 51.0 Å². The van der Waals surface area contributed by atoms with Crippen molar-refractivity contribution in [1.29, 1.82) is 0 Å². The number of rotatable bonds is 6. The fraction of sp³-hybridized carbons (Fsp3) is 0.611. The zero-order valence-corrected chi connectivity index (χ0v) is 13.5. The second-order valence-corrected chi connectivity index (χ2v) is 6.91. The average molecular weight is 288 g/mol. The first-order valence-corrected chi connectivity index (χ1v) is 8.09. The van der Waals surface area contributed by atoms with Crippen LogP contribution in [0.3, 0.4) is 0 Å². The quantitative estimate of drug-likeness (QED) is 0.845. The third kappa shape index (κ3) is 3.85. The lowest BCUT2D eigenvalue weighted by atomic mass is 9.88. The highest BCUT2D eigenvalue weighted by Crippen LogP contribution is 2.27. The van der Waals surface area contributed by atoms with Crippen LogP contribution in [0.5, 0.6) is 0 Å². The van der Waals surface area contributed by atoms with E-state index in [1.165, 1.54) is 18.4 Å². The molecule has 0 heterocycles. The van der Waals surface area contributed by atoms with Crippen LogP contribution < -0.4 is 11.1 Å². The van der Waals surface area contributed by atoms with Gasteiger partial charge in [0.15, 0.2) is 0 Å². The second-order valence-electron chi connectivity index (χ2n) is 6.91. The van der Waals surface area contributed by atoms with Crippen LogP contribution in [-0.4, -0.2) is 11.9 Å². The molecule has 1 aromatic rings. The van der Waals surface area contributed by atoms with E-state index in [1.807, 2.05) is 19.1 Å². The number of primary amides is 1. The summed E-state index contributed by atoms with van der Waals surface area (Å²) in [6.07, 6.45) is 5.80. The van der Waals surface area contributed by atoms with Crippen LogP contribution in [0.2, 0.25) is 0 Å². The van der Waals surface area contributed by atoms with Crippen LogP contribution in [0.4, 0.5) is 0 Å². The molecule has 1 saturated carbocycles. The summed E-state index contributed by atoms with van der Waals surface area (Å²) in [6.45, 7) is 6.33. The third-order valence-corrected chi connectivity index (χ3v) is 4.52. The molecule has 21 heavy (non-hydrogen) atoms. The fourth-order valence-electron chi connectivity index (χ4n) is 3.22. The number of carbonyl (C=O) groups excluding carboxylic acids is 1. The summed E-state index contributed by atoms with van der Waals surface area (Å²) in [5, 5.41) is 3.49. The minimum Gasteiger partial charge on any atom is -0.368 e. The fourth-order valence-corrected chi connectivity index (χ4v) is 3.22. The van der Waals surface area contributed by atoms with Crippen LogP contribution in [0.25, 0.3) is 0 Å². The lowest BCUT2D eigenvalue weighted by Crippen LogP contribution is -2.53. The van der Waals surface area contributed by atoms with Gasteiger partial charge in [0.05, 0.1) is 0 Å². The molecule has 3 nitrogen and oxygen atoms in total. The van der Waals surface area contributed by atoms with Crippen LogP contribution in [0, 0.1) is 5.92 Å². The van der Waals surface area contributed by atoms with Crippen molar-refractivity contribution in [2.24, 2.45) is 11.7 Å². The summed E-state index contributed by atoms with van der Waals surface area (Å²) in [5.41, 5.74) is 7.20. The molecule has 0 radical (unpaired) electrons. The van der Waals surface area contributed by atoms with E-state index < -0.39 is 5.54 Å². The molecule has 0 spiro atoms. The average Bonchev–Trinajstić information content (AvgIpc) is 2.91. The first-order valence-electron chi connectivity index (χ1n) is 8.09. The zero-order valence-electron chi connectivity index (χ0n) is 13.5. The van der Waals surface area contributed by atoms with Gasteiger partial charge in [0.25, 0.3) is 0 Å². The Kier molecular flexibility index (Phi) is 5.04. The van der Waals surface area contributed by atoms with E-state index in [1.54, 1.807) is 0 Å². The SMILES string of the molecule is CC(C)Cc1ccc(C(C)(NC2CCCC2)C(N)=O)cc1. The maximum atomic E-state index is 12.0. The molecule has 2 rings (SSSR count). The number of amides is 1. The summed E-state index contributed by atoms with van der Waals surface area (Å²) in [6, 6.07) is 8.73. The molecule has 0 bridgehead atoms. The van der Waals surface area contributed by atoms with E-state index in [0.29, 0.717) is 12.0 Å². The smallest absolute Gasteiger partial charge is 0.242 e. The molecule has 1 unspecified atom stereocenters. The van der Waals surface area contributed by atoms with Gasteiger partial charge < -0.3 is 5.73 Å². The highest BCUT2D eigenvalue weighted by molar-refractivity contribution is 5.85. The van der Waals surface area contributed by atoms with Crippen molar-refractivity contribution in [2.45, 2.75) is 64.5 Å². The molecule has 1 aliphatic rings. The lowest BCUT2D eigenvalue weighted by Gasteiger charge is -2.31. The Morgan fingerprint density at radius 3 is 2.33 bits per heavy atom. The predicted molar refractivity (Wildman–Crippen MR) is 86.9 cm³/mol. The number of hydrogen-bond acceptors (Lipinski definition) is 2. The topological polar surface area (TPSA) is 55.1 Å². The number of benzene rings is 1. The maximum absolute atomic E-state index is 12.0. The third-order valence-electron chi connectivity index (χ3n) is 4.52. The monoisotopic (exact) mass is 288 g/mol. The Balaban J connectivity index is 2.18. The molecule has 1 fully saturated rings. The van der Waals surface area contributed by atoms with Gasteiger partial charge in [-0.05, 0) is 43.2 Å². The Bertz CT molecular complexity index is 474. The maximum Gasteiger partial charge on any atom is 0.242 e. The van der Waals surface area contributed by atoms with Crippen molar-refractivity contribution in [3.05, 3.63) is 35.4 Å². The Morgan fingerprint density at radius 2 is 1.86 bits per heavy atom. The molecule has 0 saturated heterocycles. The van der Waals surface area contributed by atoms with Crippen molar-refractivity contribution in [3.8, 4) is 0 Å². The van der Waals surface area contributed by atoms with Gasteiger partial charge in [0, 0.05) is 6.04 Å². The van der Waals surface area contributed by atoms with Gasteiger partial charge in [-0.3, -0.25) is 10.1 Å². The van der Waals surface area contributed by atoms with E-state index in [9.17, 15) is 4.79 Å². The number of hydrogen-bond donors (Lipinski definition) is 2. The van der Waals surface area contributed by atoms with Crippen molar-refractivity contribution in [3.63, 3.8) is 0 Å². The van der Waals surface area contributed by atoms with Gasteiger partial charge in [-0.25, -0.2) is 0 Å². The van der Waals surface area contributed by atoms with Gasteiger partial charge in [-0.2, -0.15) is 0 Å². The van der Waals surface area contributed by atoms with Crippen molar-refractivity contribution < 1.29 is 4.79 Å². The highest BCUT2D eigenvalue weighted by Gasteiger charge is 2.35. The Morgan fingerprint density at radius 1 is 1.29 bits per heavy atom. The minimum absolute atomic E-state index is 0.300. The van der Waals surface area contributed by atoms with E-state index >= 15 is 0 Å². The van der Waals surface area contributed by atoms with E-state index in [4.69, 9.17) is 5.73 Å². The second kappa shape index (κ2) is 6.61. The Labute approximate surface area is 128 Å². The van der Waals surface area contributed by atoms with E-state index in [-0.39, 0.29) is 5.91 Å². The van der Waals surface area contributed by atoms with Crippen molar-refractivity contribution in [2.75, 3.05) is 0 Å². The predicted octanol–water partition coefficient (Wildman–Crippen LogP) is 3.12. The first kappa shape index (κ1) is 16.0. The molecular formula is C18H28N2O. The normalized spacial score (nSPS) is 18.9. The largest absolute Gasteiger partial charge is 0.368 e. The van der Waals surface area contributed by atoms with Crippen LogP contribution in [-0.2, 0) is 16.8 Å². The summed E-state index contributed by atoms with van der Waals surface area (Å²) in [7, 11) is 0. The Hall–Kier alpha value is -1.35. The van der Waals surface area contributed by atoms with Gasteiger partial charge in [0.1, 0.15) is 5.54 Å². The zero-order chi connectivity index (χ0) is 15.5. The summed E-state index contributed by atoms with van der Waals surface area (Å²) >= 11 is 0. The molecule has 0 aromatic heterocycles. The van der Waals surface area contributed by atoms with E-state index in [2.05, 4.69) is 31.3 Å². The van der Waals surface area contributed by atoms with Crippen LogP contribution in [0.1, 0.15) is 57.6 Å². The minimum atomic E-state index is -0.772. The number of nitrogens with two attached hydrogens (primary N) is 1. The van der Waals surface area contributed by atoms with Crippen molar-refractivity contribution in [1.82, 2.24) is 5.32 Å². The molecule has 3 heteroatoms. The van der Waals surface area contributed by atoms with Crippen LogP contribution in [0.15, 0.2) is 24.3 Å². The molecule has 1 amide bonds. The van der Waals surface area contributed by atoms with E-state index in [0.717, 1.165) is 24.8 Å². The standard InChI is InChI=1S/C18H28N2O/c1-13(2)12-14-8-10-15(11-9-14)18(3,17(19)21)20-16-6-4-5-7-16/h8-11,13,16,20H,4-7,12H2,1-3H3,(H2,19,21). The van der Waals surface area contributed by atoms with Crippen molar-refractivity contribution >= 4 is 5.91 Å². The highest BCUT2D eigenvalue weighted by atomic mass is 16.1. The number of carbonyl (C=O) groups is 1. The molecule has 1 aromatic carbocycles. The molecular weight excluding hydrogens is 260 g/mol. The summed E-state index contributed by atoms with van der Waals surface area (Å²) < 4.78 is 0. The molecule has 3 N–H and O–H groups in total. The molecule has 0 aliphatic heterocycles. The van der Waals surface area contributed by atoms with Gasteiger partial charge in [-0.15, -0.1) is 0 Å². The van der Waals surface area contributed by atoms with Gasteiger partial charge >= 0.3 is 0 Å². The number of nitrogens with one attached hydrogen (secondary N) is 1. The van der Waals surface area contributed by atoms with Crippen LogP contribution >= 0.6 is 0 Å².